The summed E-state index contributed by atoms with van der Waals surface area (Å²) in [5, 5.41) is 5.54. The fraction of sp³-hybridized carbons (Fsp3) is 0.200. The summed E-state index contributed by atoms with van der Waals surface area (Å²) in [7, 11) is -1.21. The SMILES string of the molecule is C[Si](C)(C)c1ccc(Nc2ccccc2Cl)cc1. The topological polar surface area (TPSA) is 12.0 Å². The Morgan fingerprint density at radius 3 is 2.06 bits per heavy atom. The number of anilines is 2. The van der Waals surface area contributed by atoms with Crippen molar-refractivity contribution in [1.82, 2.24) is 0 Å². The van der Waals surface area contributed by atoms with Crippen LogP contribution in [0.5, 0.6) is 0 Å². The van der Waals surface area contributed by atoms with Crippen LogP contribution >= 0.6 is 11.6 Å². The zero-order valence-corrected chi connectivity index (χ0v) is 12.8. The maximum atomic E-state index is 6.12. The van der Waals surface area contributed by atoms with Gasteiger partial charge in [0.25, 0.3) is 0 Å². The largest absolute Gasteiger partial charge is 0.354 e. The molecule has 0 bridgehead atoms. The summed E-state index contributed by atoms with van der Waals surface area (Å²) < 4.78 is 0. The number of hydrogen-bond acceptors (Lipinski definition) is 1. The first kappa shape index (κ1) is 13.2. The zero-order valence-electron chi connectivity index (χ0n) is 11.0. The summed E-state index contributed by atoms with van der Waals surface area (Å²) in [5.41, 5.74) is 2.02. The van der Waals surface area contributed by atoms with Crippen LogP contribution in [-0.4, -0.2) is 8.07 Å². The number of rotatable bonds is 3. The molecule has 0 heterocycles. The molecular formula is C15H18ClNSi. The lowest BCUT2D eigenvalue weighted by Gasteiger charge is -2.17. The standard InChI is InChI=1S/C15H18ClNSi/c1-18(2,3)13-10-8-12(9-11-13)17-15-7-5-4-6-14(15)16/h4-11,17H,1-3H3. The minimum absolute atomic E-state index is 0.742. The Kier molecular flexibility index (Phi) is 3.78. The van der Waals surface area contributed by atoms with Gasteiger partial charge in [0.1, 0.15) is 0 Å². The van der Waals surface area contributed by atoms with E-state index in [1.54, 1.807) is 0 Å². The maximum Gasteiger partial charge on any atom is 0.0775 e. The van der Waals surface area contributed by atoms with E-state index in [0.717, 1.165) is 16.4 Å². The number of halogens is 1. The molecular weight excluding hydrogens is 258 g/mol. The monoisotopic (exact) mass is 275 g/mol. The summed E-state index contributed by atoms with van der Waals surface area (Å²) in [6.07, 6.45) is 0. The highest BCUT2D eigenvalue weighted by Gasteiger charge is 2.15. The Morgan fingerprint density at radius 2 is 1.50 bits per heavy atom. The molecule has 0 atom stereocenters. The van der Waals surface area contributed by atoms with Gasteiger partial charge >= 0.3 is 0 Å². The van der Waals surface area contributed by atoms with Gasteiger partial charge in [-0.1, -0.05) is 60.7 Å². The molecule has 18 heavy (non-hydrogen) atoms. The lowest BCUT2D eigenvalue weighted by Crippen LogP contribution is -2.37. The summed E-state index contributed by atoms with van der Waals surface area (Å²) in [4.78, 5) is 0. The maximum absolute atomic E-state index is 6.12. The molecule has 2 aromatic rings. The Bertz CT molecular complexity index is 529. The van der Waals surface area contributed by atoms with Crippen molar-refractivity contribution in [3.8, 4) is 0 Å². The van der Waals surface area contributed by atoms with Crippen LogP contribution in [0.25, 0.3) is 0 Å². The molecule has 1 N–H and O–H groups in total. The lowest BCUT2D eigenvalue weighted by atomic mass is 10.2. The first-order valence-electron chi connectivity index (χ1n) is 6.09. The van der Waals surface area contributed by atoms with E-state index >= 15 is 0 Å². The zero-order chi connectivity index (χ0) is 13.2. The summed E-state index contributed by atoms with van der Waals surface area (Å²) >= 11 is 6.12. The number of benzene rings is 2. The summed E-state index contributed by atoms with van der Waals surface area (Å²) in [6.45, 7) is 7.05. The van der Waals surface area contributed by atoms with E-state index in [0.29, 0.717) is 0 Å². The van der Waals surface area contributed by atoms with Crippen molar-refractivity contribution < 1.29 is 0 Å². The molecule has 0 spiro atoms. The number of nitrogens with one attached hydrogen (secondary N) is 1. The molecule has 0 unspecified atom stereocenters. The van der Waals surface area contributed by atoms with Crippen LogP contribution in [0.4, 0.5) is 11.4 Å². The molecule has 2 aromatic carbocycles. The molecule has 0 aliphatic rings. The van der Waals surface area contributed by atoms with Crippen LogP contribution in [0, 0.1) is 0 Å². The predicted molar refractivity (Wildman–Crippen MR) is 84.2 cm³/mol. The summed E-state index contributed by atoms with van der Waals surface area (Å²) in [6, 6.07) is 16.5. The van der Waals surface area contributed by atoms with Crippen LogP contribution in [0.1, 0.15) is 0 Å². The van der Waals surface area contributed by atoms with E-state index in [9.17, 15) is 0 Å². The van der Waals surface area contributed by atoms with Crippen molar-refractivity contribution in [2.75, 3.05) is 5.32 Å². The lowest BCUT2D eigenvalue weighted by molar-refractivity contribution is 1.55. The van der Waals surface area contributed by atoms with Crippen LogP contribution in [0.2, 0.25) is 24.7 Å². The second-order valence-electron chi connectivity index (χ2n) is 5.43. The Hall–Kier alpha value is -1.25. The van der Waals surface area contributed by atoms with Crippen LogP contribution in [0.15, 0.2) is 48.5 Å². The van der Waals surface area contributed by atoms with Gasteiger partial charge in [0.05, 0.1) is 18.8 Å². The summed E-state index contributed by atoms with van der Waals surface area (Å²) in [5.74, 6) is 0. The van der Waals surface area contributed by atoms with Gasteiger partial charge in [0.15, 0.2) is 0 Å². The molecule has 0 aliphatic heterocycles. The van der Waals surface area contributed by atoms with E-state index in [4.69, 9.17) is 11.6 Å². The molecule has 0 amide bonds. The predicted octanol–water partition coefficient (Wildman–Crippen LogP) is 4.63. The third kappa shape index (κ3) is 3.15. The Balaban J connectivity index is 2.19. The average molecular weight is 276 g/mol. The molecule has 0 saturated carbocycles. The van der Waals surface area contributed by atoms with E-state index in [1.165, 1.54) is 5.19 Å². The average Bonchev–Trinajstić information content (AvgIpc) is 2.32. The third-order valence-electron chi connectivity index (χ3n) is 2.90. The van der Waals surface area contributed by atoms with Crippen molar-refractivity contribution in [2.45, 2.75) is 19.6 Å². The quantitative estimate of drug-likeness (QED) is 0.806. The van der Waals surface area contributed by atoms with Crippen molar-refractivity contribution in [3.05, 3.63) is 53.6 Å². The smallest absolute Gasteiger partial charge is 0.0775 e. The second-order valence-corrected chi connectivity index (χ2v) is 10.9. The van der Waals surface area contributed by atoms with Gasteiger partial charge in [0.2, 0.25) is 0 Å². The van der Waals surface area contributed by atoms with E-state index in [1.807, 2.05) is 24.3 Å². The van der Waals surface area contributed by atoms with Gasteiger partial charge in [-0.05, 0) is 24.3 Å². The molecule has 0 fully saturated rings. The van der Waals surface area contributed by atoms with E-state index < -0.39 is 8.07 Å². The normalized spacial score (nSPS) is 11.3. The van der Waals surface area contributed by atoms with Crippen molar-refractivity contribution >= 4 is 36.2 Å². The fourth-order valence-corrected chi connectivity index (χ4v) is 3.12. The number of hydrogen-bond donors (Lipinski definition) is 1. The third-order valence-corrected chi connectivity index (χ3v) is 5.30. The highest BCUT2D eigenvalue weighted by molar-refractivity contribution is 6.88. The van der Waals surface area contributed by atoms with Crippen LogP contribution in [0.3, 0.4) is 0 Å². The molecule has 0 aromatic heterocycles. The van der Waals surface area contributed by atoms with Crippen molar-refractivity contribution in [2.24, 2.45) is 0 Å². The second kappa shape index (κ2) is 5.17. The Labute approximate surface area is 115 Å². The minimum Gasteiger partial charge on any atom is -0.354 e. The van der Waals surface area contributed by atoms with Crippen molar-refractivity contribution in [3.63, 3.8) is 0 Å². The van der Waals surface area contributed by atoms with Gasteiger partial charge in [-0.3, -0.25) is 0 Å². The highest BCUT2D eigenvalue weighted by Crippen LogP contribution is 2.24. The van der Waals surface area contributed by atoms with E-state index in [2.05, 4.69) is 49.2 Å². The first-order valence-corrected chi connectivity index (χ1v) is 9.97. The highest BCUT2D eigenvalue weighted by atomic mass is 35.5. The molecule has 2 rings (SSSR count). The molecule has 0 saturated heterocycles. The Morgan fingerprint density at radius 1 is 0.889 bits per heavy atom. The van der Waals surface area contributed by atoms with Gasteiger partial charge in [-0.25, -0.2) is 0 Å². The van der Waals surface area contributed by atoms with E-state index in [-0.39, 0.29) is 0 Å². The van der Waals surface area contributed by atoms with Gasteiger partial charge in [-0.2, -0.15) is 0 Å². The van der Waals surface area contributed by atoms with Gasteiger partial charge in [-0.15, -0.1) is 0 Å². The van der Waals surface area contributed by atoms with Gasteiger partial charge in [0, 0.05) is 5.69 Å². The molecule has 3 heteroatoms. The van der Waals surface area contributed by atoms with Crippen LogP contribution in [-0.2, 0) is 0 Å². The first-order chi connectivity index (χ1) is 8.47. The number of para-hydroxylation sites is 1. The minimum atomic E-state index is -1.21. The van der Waals surface area contributed by atoms with Gasteiger partial charge < -0.3 is 5.32 Å². The molecule has 1 nitrogen and oxygen atoms in total. The molecule has 0 aliphatic carbocycles. The van der Waals surface area contributed by atoms with Crippen LogP contribution < -0.4 is 10.5 Å². The fourth-order valence-electron chi connectivity index (χ4n) is 1.77. The van der Waals surface area contributed by atoms with Crippen molar-refractivity contribution in [1.29, 1.82) is 0 Å². The molecule has 94 valence electrons. The molecule has 0 radical (unpaired) electrons.